The van der Waals surface area contributed by atoms with Gasteiger partial charge in [-0.15, -0.1) is 23.2 Å². The predicted octanol–water partition coefficient (Wildman–Crippen LogP) is 7.96. The summed E-state index contributed by atoms with van der Waals surface area (Å²) in [4.78, 5) is 26.5. The summed E-state index contributed by atoms with van der Waals surface area (Å²) in [5.74, 6) is 3.16. The summed E-state index contributed by atoms with van der Waals surface area (Å²) < 4.78 is 5.34. The van der Waals surface area contributed by atoms with E-state index in [9.17, 15) is 14.7 Å². The van der Waals surface area contributed by atoms with E-state index in [1.165, 1.54) is 42.4 Å². The maximum Gasteiger partial charge on any atom is 0.407 e. The van der Waals surface area contributed by atoms with E-state index >= 15 is 0 Å². The van der Waals surface area contributed by atoms with Crippen molar-refractivity contribution in [3.63, 3.8) is 0 Å². The first kappa shape index (κ1) is 38.2. The van der Waals surface area contributed by atoms with Gasteiger partial charge >= 0.3 is 6.09 Å². The van der Waals surface area contributed by atoms with Crippen molar-refractivity contribution in [1.82, 2.24) is 10.6 Å². The lowest BCUT2D eigenvalue weighted by atomic mass is 9.53. The van der Waals surface area contributed by atoms with Crippen LogP contribution in [0.15, 0.2) is 47.1 Å². The van der Waals surface area contributed by atoms with E-state index in [0.29, 0.717) is 61.4 Å². The summed E-state index contributed by atoms with van der Waals surface area (Å²) in [5, 5.41) is 17.3. The van der Waals surface area contributed by atoms with Crippen LogP contribution in [0.1, 0.15) is 96.0 Å². The molecule has 0 heterocycles. The Kier molecular flexibility index (Phi) is 14.8. The molecule has 0 saturated heterocycles. The highest BCUT2D eigenvalue weighted by Gasteiger charge is 2.55. The molecule has 5 unspecified atom stereocenters. The third-order valence-corrected chi connectivity index (χ3v) is 12.2. The minimum Gasteiger partial charge on any atom is -0.448 e. The molecule has 0 aromatic heterocycles. The Balaban J connectivity index is 0.922. The number of unbranched alkanes of at least 4 members (excludes halogenated alkanes) is 3. The van der Waals surface area contributed by atoms with Gasteiger partial charge in [-0.1, -0.05) is 43.9 Å². The van der Waals surface area contributed by atoms with Gasteiger partial charge in [0.05, 0.1) is 6.10 Å². The number of nitrogens with one attached hydrogen (secondary N) is 2. The smallest absolute Gasteiger partial charge is 0.407 e. The van der Waals surface area contributed by atoms with Gasteiger partial charge in [0.1, 0.15) is 6.61 Å². The summed E-state index contributed by atoms with van der Waals surface area (Å²) in [5.41, 5.74) is 6.94. The molecule has 3 N–H and O–H groups in total. The molecule has 0 bridgehead atoms. The largest absolute Gasteiger partial charge is 0.448 e. The number of aliphatic hydroxyl groups is 1. The number of alkyl carbamates (subject to hydrolysis) is 1. The Morgan fingerprint density at radius 2 is 1.73 bits per heavy atom. The number of rotatable bonds is 19. The number of fused-ring (bicyclic) bond motifs is 4. The fraction of sp³-hybridized carbons (Fsp3) is 0.700. The van der Waals surface area contributed by atoms with Crippen LogP contribution in [0.3, 0.4) is 0 Å². The van der Waals surface area contributed by atoms with Crippen LogP contribution in [0.5, 0.6) is 0 Å². The molecule has 4 aliphatic carbocycles. The number of amides is 1. The van der Waals surface area contributed by atoms with Crippen LogP contribution in [0, 0.1) is 23.2 Å². The first-order valence-electron chi connectivity index (χ1n) is 19.1. The number of nitrogens with zero attached hydrogens (tertiary/aromatic N) is 1. The number of aliphatic hydroxyl groups excluding tert-OH is 1. The Morgan fingerprint density at radius 1 is 0.959 bits per heavy atom. The first-order valence-corrected chi connectivity index (χ1v) is 20.1. The van der Waals surface area contributed by atoms with Crippen molar-refractivity contribution in [2.24, 2.45) is 23.2 Å². The van der Waals surface area contributed by atoms with Crippen molar-refractivity contribution in [1.29, 1.82) is 0 Å². The molecule has 4 aliphatic rings. The van der Waals surface area contributed by atoms with Gasteiger partial charge in [0, 0.05) is 50.0 Å². The number of aryl methyl sites for hydroxylation is 1. The number of benzene rings is 1. The van der Waals surface area contributed by atoms with Crippen molar-refractivity contribution in [3.05, 3.63) is 52.6 Å². The van der Waals surface area contributed by atoms with Crippen molar-refractivity contribution >= 4 is 40.8 Å². The van der Waals surface area contributed by atoms with Crippen molar-refractivity contribution in [2.75, 3.05) is 56.0 Å². The molecule has 1 aromatic rings. The lowest BCUT2D eigenvalue weighted by Gasteiger charge is -2.52. The topological polar surface area (TPSA) is 90.9 Å². The highest BCUT2D eigenvalue weighted by atomic mass is 35.5. The van der Waals surface area contributed by atoms with Crippen LogP contribution >= 0.6 is 23.2 Å². The lowest BCUT2D eigenvalue weighted by molar-refractivity contribution is -0.114. The average Bonchev–Trinajstić information content (AvgIpc) is 3.40. The zero-order valence-corrected chi connectivity index (χ0v) is 31.1. The molecule has 1 aromatic carbocycles. The van der Waals surface area contributed by atoms with Crippen LogP contribution in [-0.2, 0) is 16.0 Å². The molecule has 5 atom stereocenters. The summed E-state index contributed by atoms with van der Waals surface area (Å²) in [6.07, 6.45) is 16.0. The van der Waals surface area contributed by atoms with Crippen molar-refractivity contribution in [2.45, 2.75) is 103 Å². The Bertz CT molecular complexity index is 1290. The number of hydrogen-bond acceptors (Lipinski definition) is 6. The number of ketones is 1. The monoisotopic (exact) mass is 715 g/mol. The third kappa shape index (κ3) is 10.1. The summed E-state index contributed by atoms with van der Waals surface area (Å²) >= 11 is 11.8. The van der Waals surface area contributed by atoms with Crippen LogP contribution in [-0.4, -0.2) is 74.2 Å². The van der Waals surface area contributed by atoms with E-state index in [1.54, 1.807) is 5.57 Å². The minimum atomic E-state index is -0.360. The highest BCUT2D eigenvalue weighted by molar-refractivity contribution is 6.18. The van der Waals surface area contributed by atoms with Gasteiger partial charge < -0.3 is 25.4 Å². The van der Waals surface area contributed by atoms with E-state index in [0.717, 1.165) is 83.1 Å². The number of allylic oxidation sites excluding steroid dienone is 4. The Hall–Kier alpha value is -2.06. The SMILES string of the molecule is CC12CC(CCCCCCNCCOC(=O)NCCCc3ccc(N(CCCl)CCCl)cc3)C3=C4CCC(=O)C=C4CCC3C1CCC2O. The van der Waals surface area contributed by atoms with Gasteiger partial charge in [-0.3, -0.25) is 4.79 Å². The molecule has 2 fully saturated rings. The maximum absolute atomic E-state index is 12.2. The van der Waals surface area contributed by atoms with Gasteiger partial charge in [0.2, 0.25) is 0 Å². The highest BCUT2D eigenvalue weighted by Crippen LogP contribution is 2.62. The number of carbonyl (C=O) groups excluding carboxylic acids is 2. The molecule has 49 heavy (non-hydrogen) atoms. The fourth-order valence-electron chi connectivity index (χ4n) is 9.38. The molecular weight excluding hydrogens is 657 g/mol. The Labute approximate surface area is 304 Å². The van der Waals surface area contributed by atoms with E-state index in [2.05, 4.69) is 46.7 Å². The summed E-state index contributed by atoms with van der Waals surface area (Å²) in [6.45, 7) is 6.43. The van der Waals surface area contributed by atoms with Crippen LogP contribution in [0.4, 0.5) is 10.5 Å². The van der Waals surface area contributed by atoms with Crippen LogP contribution < -0.4 is 15.5 Å². The standard InChI is InChI=1S/C40H59Cl2N3O4/c1-40-28-31(38-34-16-14-33(46)27-30(34)11-15-35(38)36(40)17-18-37(40)47)8-4-2-3-5-21-43-23-26-49-39(48)44-22-6-7-29-9-12-32(13-10-29)45(24-19-41)25-20-42/h9-10,12-13,27,31,35-37,43,47H,2-8,11,14-26,28H2,1H3,(H,44,48). The van der Waals surface area contributed by atoms with Crippen LogP contribution in [0.2, 0.25) is 0 Å². The predicted molar refractivity (Wildman–Crippen MR) is 201 cm³/mol. The molecule has 7 nitrogen and oxygen atoms in total. The fourth-order valence-corrected chi connectivity index (χ4v) is 9.79. The van der Waals surface area contributed by atoms with Crippen molar-refractivity contribution in [3.8, 4) is 0 Å². The normalized spacial score (nSPS) is 26.1. The molecule has 0 spiro atoms. The molecule has 0 aliphatic heterocycles. The van der Waals surface area contributed by atoms with E-state index in [-0.39, 0.29) is 17.6 Å². The maximum atomic E-state index is 12.2. The zero-order chi connectivity index (χ0) is 34.6. The lowest BCUT2D eigenvalue weighted by Crippen LogP contribution is -2.45. The quantitative estimate of drug-likeness (QED) is 0.0995. The van der Waals surface area contributed by atoms with Crippen LogP contribution in [0.25, 0.3) is 0 Å². The van der Waals surface area contributed by atoms with Gasteiger partial charge in [-0.05, 0) is 129 Å². The number of hydrogen-bond donors (Lipinski definition) is 3. The second-order valence-corrected chi connectivity index (χ2v) is 15.7. The molecule has 1 amide bonds. The number of ether oxygens (including phenoxy) is 1. The molecule has 2 saturated carbocycles. The number of anilines is 1. The minimum absolute atomic E-state index is 0.0409. The third-order valence-electron chi connectivity index (χ3n) is 11.9. The van der Waals surface area contributed by atoms with Gasteiger partial charge in [-0.2, -0.15) is 0 Å². The van der Waals surface area contributed by atoms with E-state index in [4.69, 9.17) is 27.9 Å². The molecule has 0 radical (unpaired) electrons. The molecule has 272 valence electrons. The van der Waals surface area contributed by atoms with Crippen molar-refractivity contribution < 1.29 is 19.4 Å². The number of alkyl halides is 2. The summed E-state index contributed by atoms with van der Waals surface area (Å²) in [6, 6.07) is 8.46. The average molecular weight is 717 g/mol. The van der Waals surface area contributed by atoms with Gasteiger partial charge in [0.15, 0.2) is 5.78 Å². The van der Waals surface area contributed by atoms with E-state index in [1.807, 2.05) is 6.08 Å². The zero-order valence-electron chi connectivity index (χ0n) is 29.6. The second-order valence-electron chi connectivity index (χ2n) is 15.0. The number of halogens is 2. The van der Waals surface area contributed by atoms with E-state index < -0.39 is 0 Å². The molecular formula is C40H59Cl2N3O4. The summed E-state index contributed by atoms with van der Waals surface area (Å²) in [7, 11) is 0. The number of carbonyl (C=O) groups is 2. The van der Waals surface area contributed by atoms with Gasteiger partial charge in [-0.25, -0.2) is 4.79 Å². The molecule has 5 rings (SSSR count). The Morgan fingerprint density at radius 3 is 2.51 bits per heavy atom. The second kappa shape index (κ2) is 19.0. The van der Waals surface area contributed by atoms with Gasteiger partial charge in [0.25, 0.3) is 0 Å². The molecule has 9 heteroatoms. The first-order chi connectivity index (χ1) is 23.8.